The van der Waals surface area contributed by atoms with E-state index >= 15 is 0 Å². The van der Waals surface area contributed by atoms with E-state index in [4.69, 9.17) is 28.4 Å². The van der Waals surface area contributed by atoms with Crippen molar-refractivity contribution in [2.24, 2.45) is 0 Å². The van der Waals surface area contributed by atoms with E-state index in [9.17, 15) is 45.3 Å². The summed E-state index contributed by atoms with van der Waals surface area (Å²) in [6.45, 7) is 2.54. The smallest absolute Gasteiger partial charge is 0.306 e. The first-order chi connectivity index (χ1) is 34.0. The Balaban J connectivity index is 1.74. The fourth-order valence-corrected chi connectivity index (χ4v) is 8.84. The molecule has 2 rings (SSSR count). The predicted octanol–water partition coefficient (Wildman–Crippen LogP) is 8.72. The van der Waals surface area contributed by atoms with Crippen LogP contribution < -0.4 is 0 Å². The molecule has 0 aromatic rings. The van der Waals surface area contributed by atoms with Gasteiger partial charge in [-0.05, 0) is 38.5 Å². The van der Waals surface area contributed by atoms with Gasteiger partial charge in [-0.25, -0.2) is 0 Å². The zero-order valence-corrected chi connectivity index (χ0v) is 43.5. The fourth-order valence-electron chi connectivity index (χ4n) is 8.84. The van der Waals surface area contributed by atoms with Gasteiger partial charge in [-0.2, -0.15) is 0 Å². The normalized spacial score (nSPS) is 25.5. The van der Waals surface area contributed by atoms with Crippen LogP contribution in [0, 0.1) is 0 Å². The summed E-state index contributed by atoms with van der Waals surface area (Å²) in [5, 5.41) is 72.1. The lowest BCUT2D eigenvalue weighted by Crippen LogP contribution is -2.61. The first-order valence-electron chi connectivity index (χ1n) is 27.9. The minimum Gasteiger partial charge on any atom is -0.462 e. The number of unbranched alkanes of at least 4 members (excludes halogenated alkanes) is 26. The fraction of sp³-hybridized carbons (Fsp3) is 0.891. The van der Waals surface area contributed by atoms with Gasteiger partial charge >= 0.3 is 11.9 Å². The van der Waals surface area contributed by atoms with E-state index in [0.717, 1.165) is 70.6 Å². The molecule has 0 spiro atoms. The highest BCUT2D eigenvalue weighted by atomic mass is 16.7. The van der Waals surface area contributed by atoms with E-state index in [1.54, 1.807) is 0 Å². The Hall–Kier alpha value is -2.02. The molecule has 0 bridgehead atoms. The lowest BCUT2D eigenvalue weighted by Gasteiger charge is -2.42. The van der Waals surface area contributed by atoms with E-state index < -0.39 is 92.7 Å². The van der Waals surface area contributed by atoms with Gasteiger partial charge in [0.15, 0.2) is 18.7 Å². The summed E-state index contributed by atoms with van der Waals surface area (Å²) >= 11 is 0. The maximum atomic E-state index is 13.0. The molecule has 0 aliphatic carbocycles. The van der Waals surface area contributed by atoms with Crippen molar-refractivity contribution < 1.29 is 73.8 Å². The third kappa shape index (κ3) is 29.6. The molecule has 15 nitrogen and oxygen atoms in total. The van der Waals surface area contributed by atoms with Crippen LogP contribution in [0.3, 0.4) is 0 Å². The van der Waals surface area contributed by atoms with Gasteiger partial charge in [0.1, 0.15) is 55.4 Å². The van der Waals surface area contributed by atoms with E-state index in [1.807, 2.05) is 0 Å². The lowest BCUT2D eigenvalue weighted by molar-refractivity contribution is -0.332. The van der Waals surface area contributed by atoms with Crippen LogP contribution in [0.15, 0.2) is 24.3 Å². The van der Waals surface area contributed by atoms with Crippen molar-refractivity contribution in [3.8, 4) is 0 Å². The molecule has 0 aromatic carbocycles. The van der Waals surface area contributed by atoms with Crippen molar-refractivity contribution >= 4 is 11.9 Å². The second kappa shape index (κ2) is 42.3. The molecule has 2 aliphatic heterocycles. The summed E-state index contributed by atoms with van der Waals surface area (Å²) in [5.41, 5.74) is 0. The van der Waals surface area contributed by atoms with Crippen LogP contribution in [0.25, 0.3) is 0 Å². The van der Waals surface area contributed by atoms with Crippen LogP contribution in [-0.2, 0) is 38.0 Å². The van der Waals surface area contributed by atoms with E-state index in [-0.39, 0.29) is 26.1 Å². The molecule has 0 radical (unpaired) electrons. The molecule has 2 saturated heterocycles. The average Bonchev–Trinajstić information content (AvgIpc) is 3.35. The quantitative estimate of drug-likeness (QED) is 0.0172. The van der Waals surface area contributed by atoms with Crippen LogP contribution in [0.2, 0.25) is 0 Å². The second-order valence-electron chi connectivity index (χ2n) is 19.8. The standard InChI is InChI=1S/C55H100O15/c1-3-5-7-9-11-13-15-17-18-19-20-21-22-23-24-26-27-29-31-33-35-37-46(57)65-40-43(68-47(58)38-36-34-32-30-28-25-16-14-12-10-8-6-4-2)41-66-54-53(64)51(62)49(60)45(70-54)42-67-55-52(63)50(61)48(59)44(39-56)69-55/h8,10,14,16,43-45,48-56,59-64H,3-7,9,11-13,15,17-42H2,1-2H3/b10-8-,16-14-. The Morgan fingerprint density at radius 2 is 0.886 bits per heavy atom. The van der Waals surface area contributed by atoms with Gasteiger partial charge < -0.3 is 64.2 Å². The van der Waals surface area contributed by atoms with Crippen molar-refractivity contribution in [2.45, 2.75) is 287 Å². The zero-order chi connectivity index (χ0) is 51.0. The van der Waals surface area contributed by atoms with Gasteiger partial charge in [0.25, 0.3) is 0 Å². The van der Waals surface area contributed by atoms with E-state index in [2.05, 4.69) is 38.2 Å². The predicted molar refractivity (Wildman–Crippen MR) is 271 cm³/mol. The monoisotopic (exact) mass is 1000 g/mol. The Bertz CT molecular complexity index is 1310. The molecule has 7 N–H and O–H groups in total. The first kappa shape index (κ1) is 64.1. The Morgan fingerprint density at radius 1 is 0.457 bits per heavy atom. The Kier molecular flexibility index (Phi) is 38.8. The molecular formula is C55H100O15. The third-order valence-corrected chi connectivity index (χ3v) is 13.4. The highest BCUT2D eigenvalue weighted by Gasteiger charge is 2.47. The molecule has 2 fully saturated rings. The van der Waals surface area contributed by atoms with Crippen molar-refractivity contribution in [3.05, 3.63) is 24.3 Å². The lowest BCUT2D eigenvalue weighted by atomic mass is 9.98. The summed E-state index contributed by atoms with van der Waals surface area (Å²) in [4.78, 5) is 25.8. The number of carbonyl (C=O) groups is 2. The SMILES string of the molecule is CCC/C=C\C/C=C\CCCCCCCC(=O)OC(COC(=O)CCCCCCCCCCCCCCCCCCCCCCC)COC1OC(COC2OC(CO)C(O)C(O)C2O)C(O)C(O)C1O. The number of aliphatic hydroxyl groups is 7. The summed E-state index contributed by atoms with van der Waals surface area (Å²) < 4.78 is 33.6. The number of esters is 2. The van der Waals surface area contributed by atoms with E-state index in [1.165, 1.54) is 109 Å². The largest absolute Gasteiger partial charge is 0.462 e. The van der Waals surface area contributed by atoms with Crippen molar-refractivity contribution in [1.82, 2.24) is 0 Å². The molecule has 11 atom stereocenters. The van der Waals surface area contributed by atoms with Gasteiger partial charge in [-0.3, -0.25) is 9.59 Å². The second-order valence-corrected chi connectivity index (χ2v) is 19.8. The molecular weight excluding hydrogens is 901 g/mol. The number of rotatable bonds is 44. The maximum Gasteiger partial charge on any atom is 0.306 e. The van der Waals surface area contributed by atoms with Crippen LogP contribution in [0.5, 0.6) is 0 Å². The number of carbonyl (C=O) groups excluding carboxylic acids is 2. The summed E-state index contributed by atoms with van der Waals surface area (Å²) in [7, 11) is 0. The molecule has 0 aromatic heterocycles. The van der Waals surface area contributed by atoms with Crippen molar-refractivity contribution in [2.75, 3.05) is 26.4 Å². The molecule has 2 heterocycles. The number of allylic oxidation sites excluding steroid dienone is 4. The van der Waals surface area contributed by atoms with Gasteiger partial charge in [0.2, 0.25) is 0 Å². The van der Waals surface area contributed by atoms with Gasteiger partial charge in [0, 0.05) is 12.8 Å². The van der Waals surface area contributed by atoms with Crippen LogP contribution in [-0.4, -0.2) is 142 Å². The first-order valence-corrected chi connectivity index (χ1v) is 27.9. The maximum absolute atomic E-state index is 13.0. The Morgan fingerprint density at radius 3 is 1.39 bits per heavy atom. The number of aliphatic hydroxyl groups excluding tert-OH is 7. The van der Waals surface area contributed by atoms with Crippen LogP contribution >= 0.6 is 0 Å². The highest BCUT2D eigenvalue weighted by Crippen LogP contribution is 2.27. The Labute approximate surface area is 422 Å². The van der Waals surface area contributed by atoms with Gasteiger partial charge in [0.05, 0.1) is 19.8 Å². The molecule has 410 valence electrons. The molecule has 2 aliphatic rings. The third-order valence-electron chi connectivity index (χ3n) is 13.4. The molecule has 0 amide bonds. The average molecular weight is 1000 g/mol. The number of hydrogen-bond donors (Lipinski definition) is 7. The van der Waals surface area contributed by atoms with Gasteiger partial charge in [-0.15, -0.1) is 0 Å². The molecule has 15 heteroatoms. The molecule has 11 unspecified atom stereocenters. The van der Waals surface area contributed by atoms with Gasteiger partial charge in [-0.1, -0.05) is 192 Å². The minimum atomic E-state index is -1.77. The summed E-state index contributed by atoms with van der Waals surface area (Å²) in [6.07, 6.45) is 27.8. The van der Waals surface area contributed by atoms with E-state index in [0.29, 0.717) is 12.8 Å². The molecule has 0 saturated carbocycles. The number of ether oxygens (including phenoxy) is 6. The highest BCUT2D eigenvalue weighted by molar-refractivity contribution is 5.70. The topological polar surface area (TPSA) is 231 Å². The zero-order valence-electron chi connectivity index (χ0n) is 43.5. The summed E-state index contributed by atoms with van der Waals surface area (Å²) in [5.74, 6) is -0.931. The molecule has 70 heavy (non-hydrogen) atoms. The van der Waals surface area contributed by atoms with Crippen LogP contribution in [0.1, 0.15) is 219 Å². The number of hydrogen-bond acceptors (Lipinski definition) is 15. The summed E-state index contributed by atoms with van der Waals surface area (Å²) in [6, 6.07) is 0. The van der Waals surface area contributed by atoms with Crippen molar-refractivity contribution in [3.63, 3.8) is 0 Å². The minimum absolute atomic E-state index is 0.151. The van der Waals surface area contributed by atoms with Crippen LogP contribution in [0.4, 0.5) is 0 Å². The van der Waals surface area contributed by atoms with Crippen molar-refractivity contribution in [1.29, 1.82) is 0 Å².